The van der Waals surface area contributed by atoms with Crippen LogP contribution in [0.3, 0.4) is 0 Å². The van der Waals surface area contributed by atoms with Crippen molar-refractivity contribution >= 4 is 44.3 Å². The van der Waals surface area contributed by atoms with Gasteiger partial charge in [-0.1, -0.05) is 12.1 Å². The molecule has 3 aromatic heterocycles. The first-order chi connectivity index (χ1) is 17.5. The lowest BCUT2D eigenvalue weighted by Gasteiger charge is -2.35. The van der Waals surface area contributed by atoms with Crippen molar-refractivity contribution < 1.29 is 14.6 Å². The Balaban J connectivity index is 1.14. The molecule has 188 valence electrons. The van der Waals surface area contributed by atoms with Crippen molar-refractivity contribution in [3.63, 3.8) is 0 Å². The third-order valence-electron chi connectivity index (χ3n) is 6.94. The van der Waals surface area contributed by atoms with E-state index in [4.69, 9.17) is 9.72 Å². The second-order valence-corrected chi connectivity index (χ2v) is 10.6. The van der Waals surface area contributed by atoms with E-state index in [0.717, 1.165) is 58.8 Å². The van der Waals surface area contributed by atoms with Crippen LogP contribution in [0, 0.1) is 0 Å². The first-order valence-electron chi connectivity index (χ1n) is 12.3. The number of nitrogens with one attached hydrogen (secondary N) is 1. The van der Waals surface area contributed by atoms with E-state index in [-0.39, 0.29) is 12.0 Å². The molecule has 4 aromatic rings. The van der Waals surface area contributed by atoms with Crippen molar-refractivity contribution in [2.45, 2.75) is 25.7 Å². The van der Waals surface area contributed by atoms with E-state index in [1.54, 1.807) is 16.2 Å². The minimum absolute atomic E-state index is 0.0725. The molecule has 36 heavy (non-hydrogen) atoms. The van der Waals surface area contributed by atoms with Gasteiger partial charge < -0.3 is 19.6 Å². The number of hydrogen-bond acceptors (Lipinski definition) is 9. The van der Waals surface area contributed by atoms with Crippen molar-refractivity contribution in [2.24, 2.45) is 0 Å². The van der Waals surface area contributed by atoms with Gasteiger partial charge in [-0.05, 0) is 24.6 Å². The van der Waals surface area contributed by atoms with Crippen LogP contribution in [-0.2, 0) is 16.1 Å². The third kappa shape index (κ3) is 4.55. The number of rotatable bonds is 5. The number of anilines is 1. The Morgan fingerprint density at radius 3 is 2.94 bits per heavy atom. The van der Waals surface area contributed by atoms with Crippen LogP contribution >= 0.6 is 11.3 Å². The maximum absolute atomic E-state index is 12.0. The first kappa shape index (κ1) is 23.3. The van der Waals surface area contributed by atoms with Gasteiger partial charge in [-0.25, -0.2) is 9.97 Å². The van der Waals surface area contributed by atoms with E-state index >= 15 is 0 Å². The monoisotopic (exact) mass is 507 g/mol. The fraction of sp³-hybridized carbons (Fsp3) is 0.440. The number of carbonyl (C=O) groups excluding carboxylic acids is 1. The number of amides is 1. The van der Waals surface area contributed by atoms with Gasteiger partial charge in [-0.15, -0.1) is 11.3 Å². The normalized spacial score (nSPS) is 20.3. The topological polar surface area (TPSA) is 111 Å². The molecule has 2 fully saturated rings. The van der Waals surface area contributed by atoms with Crippen LogP contribution < -0.4 is 4.90 Å². The van der Waals surface area contributed by atoms with E-state index in [1.807, 2.05) is 24.5 Å². The highest BCUT2D eigenvalue weighted by molar-refractivity contribution is 7.18. The summed E-state index contributed by atoms with van der Waals surface area (Å²) in [6, 6.07) is 8.30. The van der Waals surface area contributed by atoms with Crippen LogP contribution in [-0.4, -0.2) is 93.0 Å². The number of hydrogen-bond donors (Lipinski definition) is 2. The lowest BCUT2D eigenvalue weighted by atomic mass is 10.0. The lowest BCUT2D eigenvalue weighted by Crippen LogP contribution is -2.50. The number of morpholine rings is 1. The van der Waals surface area contributed by atoms with Crippen LogP contribution in [0.4, 0.5) is 5.95 Å². The molecule has 2 saturated heterocycles. The number of aromatic nitrogens is 4. The molecular weight excluding hydrogens is 478 g/mol. The molecule has 6 rings (SSSR count). The lowest BCUT2D eigenvalue weighted by molar-refractivity contribution is -0.141. The summed E-state index contributed by atoms with van der Waals surface area (Å²) < 4.78 is 7.20. The third-order valence-corrected chi connectivity index (χ3v) is 7.99. The van der Waals surface area contributed by atoms with Crippen LogP contribution in [0.1, 0.15) is 23.5 Å². The zero-order valence-corrected chi connectivity index (χ0v) is 20.9. The van der Waals surface area contributed by atoms with Crippen LogP contribution in [0.15, 0.2) is 36.7 Å². The molecule has 0 radical (unpaired) electrons. The zero-order chi connectivity index (χ0) is 24.6. The quantitative estimate of drug-likeness (QED) is 0.423. The van der Waals surface area contributed by atoms with Gasteiger partial charge in [0.15, 0.2) is 0 Å². The molecule has 0 aliphatic carbocycles. The highest BCUT2D eigenvalue weighted by Crippen LogP contribution is 2.31. The van der Waals surface area contributed by atoms with E-state index < -0.39 is 6.10 Å². The summed E-state index contributed by atoms with van der Waals surface area (Å²) in [4.78, 5) is 29.1. The summed E-state index contributed by atoms with van der Waals surface area (Å²) in [5.74, 6) is 0.538. The SMILES string of the molecule is C[C@H](O)C(=O)N1CCN(Cc2cc3nc(N4CCOC(c5cccc6[nH]ncc56)C4)ncc3s2)CC1. The summed E-state index contributed by atoms with van der Waals surface area (Å²) in [6.07, 6.45) is 2.77. The smallest absolute Gasteiger partial charge is 0.251 e. The Bertz CT molecular complexity index is 1380. The Kier molecular flexibility index (Phi) is 6.30. The number of nitrogens with zero attached hydrogens (tertiary/aromatic N) is 6. The van der Waals surface area contributed by atoms with Crippen LogP contribution in [0.2, 0.25) is 0 Å². The molecule has 0 bridgehead atoms. The fourth-order valence-electron chi connectivity index (χ4n) is 5.01. The van der Waals surface area contributed by atoms with Crippen molar-refractivity contribution in [3.05, 3.63) is 47.1 Å². The maximum atomic E-state index is 12.0. The average molecular weight is 508 g/mol. The predicted molar refractivity (Wildman–Crippen MR) is 138 cm³/mol. The number of thiophene rings is 1. The minimum Gasteiger partial charge on any atom is -0.384 e. The van der Waals surface area contributed by atoms with Gasteiger partial charge in [-0.2, -0.15) is 5.10 Å². The predicted octanol–water partition coefficient (Wildman–Crippen LogP) is 2.17. The fourth-order valence-corrected chi connectivity index (χ4v) is 6.03. The van der Waals surface area contributed by atoms with Gasteiger partial charge in [0.1, 0.15) is 12.2 Å². The molecule has 5 heterocycles. The molecule has 1 aromatic carbocycles. The molecule has 2 atom stereocenters. The van der Waals surface area contributed by atoms with E-state index in [9.17, 15) is 9.90 Å². The van der Waals surface area contributed by atoms with E-state index in [1.165, 1.54) is 11.8 Å². The highest BCUT2D eigenvalue weighted by atomic mass is 32.1. The maximum Gasteiger partial charge on any atom is 0.251 e. The second-order valence-electron chi connectivity index (χ2n) is 9.39. The van der Waals surface area contributed by atoms with Crippen molar-refractivity contribution in [1.29, 1.82) is 0 Å². The molecule has 1 amide bonds. The number of benzene rings is 1. The molecule has 0 saturated carbocycles. The van der Waals surface area contributed by atoms with E-state index in [0.29, 0.717) is 26.2 Å². The number of aliphatic hydroxyl groups excluding tert-OH is 1. The summed E-state index contributed by atoms with van der Waals surface area (Å²) in [5.41, 5.74) is 3.09. The van der Waals surface area contributed by atoms with Crippen molar-refractivity contribution in [2.75, 3.05) is 50.8 Å². The van der Waals surface area contributed by atoms with Gasteiger partial charge in [0, 0.05) is 49.5 Å². The van der Waals surface area contributed by atoms with Gasteiger partial charge in [0.05, 0.1) is 41.3 Å². The molecule has 2 aliphatic rings. The van der Waals surface area contributed by atoms with Crippen molar-refractivity contribution in [1.82, 2.24) is 30.0 Å². The Labute approximate surface area is 212 Å². The van der Waals surface area contributed by atoms with Gasteiger partial charge >= 0.3 is 0 Å². The number of aliphatic hydroxyl groups is 1. The van der Waals surface area contributed by atoms with Gasteiger partial charge in [0.2, 0.25) is 5.95 Å². The summed E-state index contributed by atoms with van der Waals surface area (Å²) in [6.45, 7) is 7.26. The Morgan fingerprint density at radius 1 is 1.25 bits per heavy atom. The van der Waals surface area contributed by atoms with Gasteiger partial charge in [0.25, 0.3) is 5.91 Å². The molecule has 11 heteroatoms. The van der Waals surface area contributed by atoms with Gasteiger partial charge in [-0.3, -0.25) is 14.8 Å². The number of H-pyrrole nitrogens is 1. The summed E-state index contributed by atoms with van der Waals surface area (Å²) in [5, 5.41) is 17.8. The number of carbonyl (C=O) groups is 1. The molecule has 10 nitrogen and oxygen atoms in total. The Morgan fingerprint density at radius 2 is 2.11 bits per heavy atom. The molecular formula is C25H29N7O3S. The first-order valence-corrected chi connectivity index (χ1v) is 13.1. The van der Waals surface area contributed by atoms with Crippen LogP contribution in [0.25, 0.3) is 21.1 Å². The van der Waals surface area contributed by atoms with Crippen LogP contribution in [0.5, 0.6) is 0 Å². The molecule has 1 unspecified atom stereocenters. The number of fused-ring (bicyclic) bond motifs is 2. The highest BCUT2D eigenvalue weighted by Gasteiger charge is 2.26. The van der Waals surface area contributed by atoms with E-state index in [2.05, 4.69) is 37.1 Å². The number of ether oxygens (including phenoxy) is 1. The second kappa shape index (κ2) is 9.74. The summed E-state index contributed by atoms with van der Waals surface area (Å²) >= 11 is 1.72. The average Bonchev–Trinajstić information content (AvgIpc) is 3.54. The molecule has 2 N–H and O–H groups in total. The Hall–Kier alpha value is -3.12. The zero-order valence-electron chi connectivity index (χ0n) is 20.1. The minimum atomic E-state index is -0.937. The summed E-state index contributed by atoms with van der Waals surface area (Å²) in [7, 11) is 0. The molecule has 2 aliphatic heterocycles. The largest absolute Gasteiger partial charge is 0.384 e. The van der Waals surface area contributed by atoms with Crippen molar-refractivity contribution in [3.8, 4) is 0 Å². The standard InChI is InChI=1S/C25H29N7O3S/c1-16(33)24(34)31-7-5-30(6-8-31)14-17-11-21-23(36-17)13-26-25(28-21)32-9-10-35-22(15-32)18-3-2-4-20-19(18)12-27-29-20/h2-4,11-13,16,22,33H,5-10,14-15H2,1H3,(H,27,29)/t16-,22?/m0/s1. The molecule has 0 spiro atoms. The number of aromatic amines is 1. The number of piperazine rings is 1.